The number of hydrogen-bond acceptors (Lipinski definition) is 5. The Labute approximate surface area is 283 Å². The van der Waals surface area contributed by atoms with E-state index >= 15 is 0 Å². The van der Waals surface area contributed by atoms with Crippen LogP contribution in [0.25, 0.3) is 0 Å². The van der Waals surface area contributed by atoms with Crippen LogP contribution in [-0.4, -0.2) is 76.9 Å². The molecule has 2 atom stereocenters. The Bertz CT molecular complexity index is 1500. The fraction of sp³-hybridized carbons (Fsp3) is 0.432. The number of benzene rings is 3. The molecule has 2 unspecified atom stereocenters. The van der Waals surface area contributed by atoms with Gasteiger partial charge in [0, 0.05) is 61.8 Å². The van der Waals surface area contributed by atoms with Crippen molar-refractivity contribution in [1.29, 1.82) is 0 Å². The van der Waals surface area contributed by atoms with Crippen LogP contribution in [-0.2, 0) is 29.0 Å². The lowest BCUT2D eigenvalue weighted by molar-refractivity contribution is -0.139. The molecule has 1 saturated carbocycles. The fourth-order valence-corrected chi connectivity index (χ4v) is 7.68. The molecule has 3 aliphatic rings. The number of fused-ring (bicyclic) bond motifs is 1. The van der Waals surface area contributed by atoms with Crippen molar-refractivity contribution in [2.24, 2.45) is 0 Å². The predicted molar refractivity (Wildman–Crippen MR) is 188 cm³/mol. The zero-order chi connectivity index (χ0) is 31.9. The van der Waals surface area contributed by atoms with Gasteiger partial charge in [-0.2, -0.15) is 0 Å². The van der Waals surface area contributed by atoms with E-state index in [0.717, 1.165) is 48.6 Å². The van der Waals surface area contributed by atoms with Gasteiger partial charge in [0.25, 0.3) is 0 Å². The summed E-state index contributed by atoms with van der Waals surface area (Å²) in [6, 6.07) is 24.8. The van der Waals surface area contributed by atoms with E-state index in [1.54, 1.807) is 0 Å². The van der Waals surface area contributed by atoms with E-state index in [4.69, 9.17) is 23.8 Å². The third kappa shape index (κ3) is 7.80. The van der Waals surface area contributed by atoms with Crippen LogP contribution in [0.3, 0.4) is 0 Å². The van der Waals surface area contributed by atoms with Crippen molar-refractivity contribution in [3.63, 3.8) is 0 Å². The van der Waals surface area contributed by atoms with Gasteiger partial charge in [-0.15, -0.1) is 0 Å². The predicted octanol–water partition coefficient (Wildman–Crippen LogP) is 4.89. The minimum absolute atomic E-state index is 0.0199. The van der Waals surface area contributed by atoms with Gasteiger partial charge in [-0.1, -0.05) is 110 Å². The summed E-state index contributed by atoms with van der Waals surface area (Å²) in [4.78, 5) is 33.0. The van der Waals surface area contributed by atoms with Gasteiger partial charge >= 0.3 is 0 Å². The topological polar surface area (TPSA) is 76.7 Å². The minimum Gasteiger partial charge on any atom is -0.374 e. The van der Waals surface area contributed by atoms with E-state index in [9.17, 15) is 9.59 Å². The molecule has 3 aromatic rings. The molecule has 2 aliphatic heterocycles. The van der Waals surface area contributed by atoms with Gasteiger partial charge in [-0.3, -0.25) is 14.5 Å². The first-order valence-corrected chi connectivity index (χ1v) is 17.4. The number of nitrogens with one attached hydrogen (secondary N) is 3. The molecule has 1 aliphatic carbocycles. The number of amides is 2. The molecule has 0 spiro atoms. The first kappa shape index (κ1) is 32.6. The van der Waals surface area contributed by atoms with E-state index < -0.39 is 6.04 Å². The quantitative estimate of drug-likeness (QED) is 0.285. The van der Waals surface area contributed by atoms with Gasteiger partial charge in [-0.05, 0) is 48.1 Å². The highest BCUT2D eigenvalue weighted by Gasteiger charge is 2.41. The van der Waals surface area contributed by atoms with E-state index in [1.807, 2.05) is 59.5 Å². The zero-order valence-corrected chi connectivity index (χ0v) is 27.9. The second-order valence-electron chi connectivity index (χ2n) is 12.9. The van der Waals surface area contributed by atoms with Gasteiger partial charge in [0.2, 0.25) is 11.8 Å². The Balaban J connectivity index is 1.11. The van der Waals surface area contributed by atoms with Crippen molar-refractivity contribution >= 4 is 40.6 Å². The third-order valence-electron chi connectivity index (χ3n) is 10.0. The lowest BCUT2D eigenvalue weighted by Crippen LogP contribution is -2.64. The number of hydrogen-bond donors (Lipinski definition) is 3. The summed E-state index contributed by atoms with van der Waals surface area (Å²) >= 11 is 11.9. The Hall–Kier alpha value is -3.30. The fourth-order valence-electron chi connectivity index (χ4n) is 7.34. The molecule has 2 fully saturated rings. The van der Waals surface area contributed by atoms with Crippen molar-refractivity contribution in [2.45, 2.75) is 69.1 Å². The van der Waals surface area contributed by atoms with Crippen molar-refractivity contribution in [1.82, 2.24) is 25.8 Å². The molecule has 46 heavy (non-hydrogen) atoms. The van der Waals surface area contributed by atoms with Crippen molar-refractivity contribution in [3.8, 4) is 0 Å². The molecule has 7 nitrogen and oxygen atoms in total. The van der Waals surface area contributed by atoms with Crippen LogP contribution in [0.5, 0.6) is 0 Å². The maximum Gasteiger partial charge on any atom is 0.245 e. The molecule has 6 rings (SSSR count). The number of piperazine rings is 1. The normalized spacial score (nSPS) is 20.3. The van der Waals surface area contributed by atoms with Crippen molar-refractivity contribution in [3.05, 3.63) is 106 Å². The second kappa shape index (κ2) is 15.1. The summed E-state index contributed by atoms with van der Waals surface area (Å²) in [6.45, 7) is 4.31. The molecule has 0 bridgehead atoms. The van der Waals surface area contributed by atoms with Gasteiger partial charge in [0.05, 0.1) is 6.04 Å². The summed E-state index contributed by atoms with van der Waals surface area (Å²) in [5.74, 6) is -0.165. The smallest absolute Gasteiger partial charge is 0.245 e. The van der Waals surface area contributed by atoms with Crippen LogP contribution in [0.1, 0.15) is 54.4 Å². The monoisotopic (exact) mass is 657 g/mol. The molecule has 0 aromatic heterocycles. The molecular formula is C37H44ClN5O2S. The summed E-state index contributed by atoms with van der Waals surface area (Å²) < 4.78 is 0. The standard InChI is InChI=1S/C37H44ClN5O2S/c38-31-15-13-27(14-16-31)23-33(41-34(44)32-24-29-11-5-6-12-30(29)25-39-32)36(45)42-19-21-43(22-20-42)37(17-7-2-8-18-37)26-40-35(46)28-9-3-1-4-10-28/h1,3-6,9-16,32-33,39H,2,7-8,17-26H2,(H,40,46)(H,41,44). The van der Waals surface area contributed by atoms with Crippen molar-refractivity contribution < 1.29 is 9.59 Å². The highest BCUT2D eigenvalue weighted by molar-refractivity contribution is 7.80. The van der Waals surface area contributed by atoms with Crippen LogP contribution in [0.4, 0.5) is 0 Å². The van der Waals surface area contributed by atoms with E-state index in [1.165, 1.54) is 30.4 Å². The van der Waals surface area contributed by atoms with Crippen LogP contribution in [0.15, 0.2) is 78.9 Å². The number of halogens is 1. The number of carbonyl (C=O) groups is 2. The Kier molecular flexibility index (Phi) is 10.7. The molecular weight excluding hydrogens is 614 g/mol. The highest BCUT2D eigenvalue weighted by atomic mass is 35.5. The SMILES string of the molecule is O=C(NC(Cc1ccc(Cl)cc1)C(=O)N1CCN(C2(CNC(=S)c3ccccc3)CCCCC2)CC1)C1Cc2ccccc2CN1. The van der Waals surface area contributed by atoms with E-state index in [-0.39, 0.29) is 23.4 Å². The molecule has 9 heteroatoms. The molecule has 3 aromatic carbocycles. The Morgan fingerprint density at radius 3 is 2.28 bits per heavy atom. The molecule has 0 radical (unpaired) electrons. The summed E-state index contributed by atoms with van der Waals surface area (Å²) in [5, 5.41) is 10.8. The Morgan fingerprint density at radius 1 is 0.891 bits per heavy atom. The number of nitrogens with zero attached hydrogens (tertiary/aromatic N) is 2. The lowest BCUT2D eigenvalue weighted by Gasteiger charge is -2.50. The molecule has 2 amide bonds. The van der Waals surface area contributed by atoms with E-state index in [2.05, 4.69) is 45.1 Å². The van der Waals surface area contributed by atoms with E-state index in [0.29, 0.717) is 37.5 Å². The number of rotatable bonds is 9. The lowest BCUT2D eigenvalue weighted by atomic mass is 9.79. The molecule has 1 saturated heterocycles. The number of carbonyl (C=O) groups excluding carboxylic acids is 2. The van der Waals surface area contributed by atoms with Crippen LogP contribution < -0.4 is 16.0 Å². The molecule has 3 N–H and O–H groups in total. The average molecular weight is 658 g/mol. The number of thiocarbonyl (C=S) groups is 1. The van der Waals surface area contributed by atoms with Gasteiger partial charge in [0.15, 0.2) is 0 Å². The first-order valence-electron chi connectivity index (χ1n) is 16.6. The maximum atomic E-state index is 14.1. The molecule has 242 valence electrons. The summed E-state index contributed by atoms with van der Waals surface area (Å²) in [7, 11) is 0. The zero-order valence-electron chi connectivity index (χ0n) is 26.3. The largest absolute Gasteiger partial charge is 0.374 e. The molecule has 2 heterocycles. The average Bonchev–Trinajstić information content (AvgIpc) is 3.11. The van der Waals surface area contributed by atoms with Crippen LogP contribution in [0.2, 0.25) is 5.02 Å². The first-order chi connectivity index (χ1) is 22.4. The Morgan fingerprint density at radius 2 is 1.57 bits per heavy atom. The van der Waals surface area contributed by atoms with Crippen LogP contribution in [0, 0.1) is 0 Å². The summed E-state index contributed by atoms with van der Waals surface area (Å²) in [5.41, 5.74) is 4.41. The summed E-state index contributed by atoms with van der Waals surface area (Å²) in [6.07, 6.45) is 6.93. The minimum atomic E-state index is -0.659. The highest BCUT2D eigenvalue weighted by Crippen LogP contribution is 2.34. The van der Waals surface area contributed by atoms with Gasteiger partial charge in [-0.25, -0.2) is 0 Å². The maximum absolute atomic E-state index is 14.1. The second-order valence-corrected chi connectivity index (χ2v) is 13.8. The third-order valence-corrected chi connectivity index (χ3v) is 10.7. The van der Waals surface area contributed by atoms with Gasteiger partial charge in [0.1, 0.15) is 11.0 Å². The van der Waals surface area contributed by atoms with Crippen molar-refractivity contribution in [2.75, 3.05) is 32.7 Å². The van der Waals surface area contributed by atoms with Gasteiger partial charge < -0.3 is 20.9 Å². The van der Waals surface area contributed by atoms with Crippen LogP contribution >= 0.6 is 23.8 Å².